The highest BCUT2D eigenvalue weighted by Gasteiger charge is 2.12. The summed E-state index contributed by atoms with van der Waals surface area (Å²) in [6, 6.07) is 15.5. The van der Waals surface area contributed by atoms with Gasteiger partial charge in [0.1, 0.15) is 0 Å². The summed E-state index contributed by atoms with van der Waals surface area (Å²) >= 11 is 0. The fourth-order valence-electron chi connectivity index (χ4n) is 2.31. The number of aryl methyl sites for hydroxylation is 1. The first-order valence-corrected chi connectivity index (χ1v) is 7.89. The largest absolute Gasteiger partial charge is 0.493 e. The van der Waals surface area contributed by atoms with E-state index in [1.54, 1.807) is 32.4 Å². The molecule has 5 heteroatoms. The van der Waals surface area contributed by atoms with Gasteiger partial charge in [0.15, 0.2) is 18.1 Å². The van der Waals surface area contributed by atoms with E-state index in [0.29, 0.717) is 23.8 Å². The van der Waals surface area contributed by atoms with Crippen LogP contribution >= 0.6 is 0 Å². The van der Waals surface area contributed by atoms with Gasteiger partial charge in [-0.2, -0.15) is 0 Å². The third kappa shape index (κ3) is 5.19. The molecule has 0 aromatic heterocycles. The average molecular weight is 329 g/mol. The summed E-state index contributed by atoms with van der Waals surface area (Å²) < 4.78 is 16.0. The van der Waals surface area contributed by atoms with E-state index in [1.807, 2.05) is 18.2 Å². The van der Waals surface area contributed by atoms with Crippen LogP contribution in [0.15, 0.2) is 48.5 Å². The molecule has 0 saturated carbocycles. The minimum absolute atomic E-state index is 0.0813. The topological polar surface area (TPSA) is 56.8 Å². The van der Waals surface area contributed by atoms with Crippen molar-refractivity contribution in [2.75, 3.05) is 27.4 Å². The van der Waals surface area contributed by atoms with Gasteiger partial charge < -0.3 is 19.5 Å². The molecule has 0 fully saturated rings. The molecule has 1 amide bonds. The number of ether oxygens (including phenoxy) is 3. The Morgan fingerprint density at radius 3 is 2.25 bits per heavy atom. The summed E-state index contributed by atoms with van der Waals surface area (Å²) in [6.07, 6.45) is 1.82. The zero-order valence-electron chi connectivity index (χ0n) is 14.1. The normalized spacial score (nSPS) is 10.1. The van der Waals surface area contributed by atoms with Crippen LogP contribution in [-0.4, -0.2) is 33.3 Å². The summed E-state index contributed by atoms with van der Waals surface area (Å²) in [5.41, 5.74) is 1.27. The van der Waals surface area contributed by atoms with E-state index in [4.69, 9.17) is 14.2 Å². The van der Waals surface area contributed by atoms with Gasteiger partial charge in [-0.05, 0) is 30.5 Å². The maximum absolute atomic E-state index is 11.9. The molecule has 0 atom stereocenters. The summed E-state index contributed by atoms with van der Waals surface area (Å²) in [5, 5.41) is 2.85. The van der Waals surface area contributed by atoms with Gasteiger partial charge in [-0.1, -0.05) is 36.4 Å². The molecule has 0 saturated heterocycles. The summed E-state index contributed by atoms with van der Waals surface area (Å²) in [6.45, 7) is 0.530. The zero-order chi connectivity index (χ0) is 17.2. The van der Waals surface area contributed by atoms with Crippen LogP contribution in [0.1, 0.15) is 12.0 Å². The number of rotatable bonds is 9. The number of methoxy groups -OCH3 is 2. The molecule has 0 radical (unpaired) electrons. The molecule has 0 aliphatic carbocycles. The number of benzene rings is 2. The van der Waals surface area contributed by atoms with Gasteiger partial charge in [-0.25, -0.2) is 0 Å². The third-order valence-electron chi connectivity index (χ3n) is 3.54. The van der Waals surface area contributed by atoms with Gasteiger partial charge in [-0.15, -0.1) is 0 Å². The Hall–Kier alpha value is -2.69. The molecule has 0 bridgehead atoms. The SMILES string of the molecule is COc1cccc(OC)c1OCC(=O)NCCCc1ccccc1. The lowest BCUT2D eigenvalue weighted by atomic mass is 10.1. The van der Waals surface area contributed by atoms with Gasteiger partial charge in [0, 0.05) is 6.54 Å². The number of carbonyl (C=O) groups is 1. The Morgan fingerprint density at radius 2 is 1.62 bits per heavy atom. The number of nitrogens with one attached hydrogen (secondary N) is 1. The van der Waals surface area contributed by atoms with Crippen LogP contribution < -0.4 is 19.5 Å². The van der Waals surface area contributed by atoms with E-state index in [1.165, 1.54) is 5.56 Å². The van der Waals surface area contributed by atoms with E-state index < -0.39 is 0 Å². The Labute approximate surface area is 142 Å². The average Bonchev–Trinajstić information content (AvgIpc) is 2.64. The van der Waals surface area contributed by atoms with Crippen molar-refractivity contribution in [3.05, 3.63) is 54.1 Å². The quantitative estimate of drug-likeness (QED) is 0.719. The highest BCUT2D eigenvalue weighted by molar-refractivity contribution is 5.77. The van der Waals surface area contributed by atoms with Crippen LogP contribution in [0.3, 0.4) is 0 Å². The van der Waals surface area contributed by atoms with E-state index in [2.05, 4.69) is 17.4 Å². The molecule has 2 rings (SSSR count). The number of amides is 1. The molecule has 0 unspecified atom stereocenters. The fourth-order valence-corrected chi connectivity index (χ4v) is 2.31. The minimum atomic E-state index is -0.170. The van der Waals surface area contributed by atoms with Gasteiger partial charge in [0.05, 0.1) is 14.2 Å². The van der Waals surface area contributed by atoms with Crippen molar-refractivity contribution < 1.29 is 19.0 Å². The number of hydrogen-bond acceptors (Lipinski definition) is 4. The maximum Gasteiger partial charge on any atom is 0.257 e. The number of para-hydroxylation sites is 1. The second-order valence-corrected chi connectivity index (χ2v) is 5.22. The van der Waals surface area contributed by atoms with Crippen LogP contribution in [-0.2, 0) is 11.2 Å². The lowest BCUT2D eigenvalue weighted by molar-refractivity contribution is -0.123. The van der Waals surface area contributed by atoms with Gasteiger partial charge in [0.2, 0.25) is 5.75 Å². The third-order valence-corrected chi connectivity index (χ3v) is 3.54. The molecule has 1 N–H and O–H groups in total. The van der Waals surface area contributed by atoms with Crippen molar-refractivity contribution in [2.24, 2.45) is 0 Å². The molecule has 0 spiro atoms. The van der Waals surface area contributed by atoms with Gasteiger partial charge in [-0.3, -0.25) is 4.79 Å². The predicted molar refractivity (Wildman–Crippen MR) is 92.8 cm³/mol. The first kappa shape index (κ1) is 17.7. The predicted octanol–water partition coefficient (Wildman–Crippen LogP) is 2.83. The molecule has 2 aromatic rings. The molecule has 0 heterocycles. The molecule has 2 aromatic carbocycles. The Bertz CT molecular complexity index is 621. The summed E-state index contributed by atoms with van der Waals surface area (Å²) in [5.74, 6) is 1.33. The van der Waals surface area contributed by atoms with Crippen LogP contribution in [0.2, 0.25) is 0 Å². The monoisotopic (exact) mass is 329 g/mol. The highest BCUT2D eigenvalue weighted by Crippen LogP contribution is 2.36. The highest BCUT2D eigenvalue weighted by atomic mass is 16.5. The van der Waals surface area contributed by atoms with E-state index >= 15 is 0 Å². The van der Waals surface area contributed by atoms with Crippen molar-refractivity contribution in [3.8, 4) is 17.2 Å². The lowest BCUT2D eigenvalue weighted by Gasteiger charge is -2.14. The van der Waals surface area contributed by atoms with E-state index in [0.717, 1.165) is 12.8 Å². The van der Waals surface area contributed by atoms with Crippen molar-refractivity contribution in [1.82, 2.24) is 5.32 Å². The van der Waals surface area contributed by atoms with Crippen molar-refractivity contribution in [2.45, 2.75) is 12.8 Å². The minimum Gasteiger partial charge on any atom is -0.493 e. The van der Waals surface area contributed by atoms with Gasteiger partial charge in [0.25, 0.3) is 5.91 Å². The lowest BCUT2D eigenvalue weighted by Crippen LogP contribution is -2.30. The molecule has 5 nitrogen and oxygen atoms in total. The Kier molecular flexibility index (Phi) is 6.95. The Morgan fingerprint density at radius 1 is 0.958 bits per heavy atom. The molecule has 0 aliphatic rings. The van der Waals surface area contributed by atoms with Crippen LogP contribution in [0.4, 0.5) is 0 Å². The van der Waals surface area contributed by atoms with Crippen LogP contribution in [0.5, 0.6) is 17.2 Å². The van der Waals surface area contributed by atoms with Crippen molar-refractivity contribution in [3.63, 3.8) is 0 Å². The summed E-state index contributed by atoms with van der Waals surface area (Å²) in [4.78, 5) is 11.9. The molecule has 0 aliphatic heterocycles. The number of hydrogen-bond donors (Lipinski definition) is 1. The van der Waals surface area contributed by atoms with Crippen molar-refractivity contribution in [1.29, 1.82) is 0 Å². The Balaban J connectivity index is 1.75. The van der Waals surface area contributed by atoms with E-state index in [9.17, 15) is 4.79 Å². The second-order valence-electron chi connectivity index (χ2n) is 5.22. The maximum atomic E-state index is 11.9. The molecule has 128 valence electrons. The first-order chi connectivity index (χ1) is 11.7. The standard InChI is InChI=1S/C19H23NO4/c1-22-16-11-6-12-17(23-2)19(16)24-14-18(21)20-13-7-10-15-8-4-3-5-9-15/h3-6,8-9,11-12H,7,10,13-14H2,1-2H3,(H,20,21). The smallest absolute Gasteiger partial charge is 0.257 e. The molecular formula is C19H23NO4. The molecular weight excluding hydrogens is 306 g/mol. The van der Waals surface area contributed by atoms with E-state index in [-0.39, 0.29) is 12.5 Å². The van der Waals surface area contributed by atoms with Crippen LogP contribution in [0.25, 0.3) is 0 Å². The number of carbonyl (C=O) groups excluding carboxylic acids is 1. The second kappa shape index (κ2) is 9.45. The first-order valence-electron chi connectivity index (χ1n) is 7.89. The van der Waals surface area contributed by atoms with Gasteiger partial charge >= 0.3 is 0 Å². The fraction of sp³-hybridized carbons (Fsp3) is 0.316. The molecule has 24 heavy (non-hydrogen) atoms. The van der Waals surface area contributed by atoms with Crippen LogP contribution in [0, 0.1) is 0 Å². The van der Waals surface area contributed by atoms with Crippen molar-refractivity contribution >= 4 is 5.91 Å². The zero-order valence-corrected chi connectivity index (χ0v) is 14.1. The summed E-state index contributed by atoms with van der Waals surface area (Å²) in [7, 11) is 3.09.